The van der Waals surface area contributed by atoms with Crippen molar-refractivity contribution < 1.29 is 4.39 Å². The summed E-state index contributed by atoms with van der Waals surface area (Å²) in [6.45, 7) is 0.137. The highest BCUT2D eigenvalue weighted by Crippen LogP contribution is 2.48. The number of aromatic nitrogens is 2. The first kappa shape index (κ1) is 9.90. The van der Waals surface area contributed by atoms with Gasteiger partial charge < -0.3 is 5.73 Å². The van der Waals surface area contributed by atoms with Crippen molar-refractivity contribution in [1.29, 1.82) is 0 Å². The van der Waals surface area contributed by atoms with Crippen LogP contribution in [0.25, 0.3) is 0 Å². The van der Waals surface area contributed by atoms with Gasteiger partial charge in [0.1, 0.15) is 6.33 Å². The molecule has 0 saturated heterocycles. The maximum Gasteiger partial charge on any atom is 0.167 e. The maximum atomic E-state index is 14.0. The monoisotopic (exact) mass is 219 g/mol. The van der Waals surface area contributed by atoms with Crippen molar-refractivity contribution in [3.05, 3.63) is 35.7 Å². The van der Waals surface area contributed by atoms with Gasteiger partial charge in [-0.1, -0.05) is 12.2 Å². The van der Waals surface area contributed by atoms with Crippen molar-refractivity contribution >= 4 is 0 Å². The summed E-state index contributed by atoms with van der Waals surface area (Å²) in [5.41, 5.74) is 6.34. The van der Waals surface area contributed by atoms with Crippen molar-refractivity contribution in [2.75, 3.05) is 0 Å². The lowest BCUT2D eigenvalue weighted by Crippen LogP contribution is -2.14. The maximum absolute atomic E-state index is 14.0. The van der Waals surface area contributed by atoms with E-state index in [1.807, 2.05) is 0 Å². The molecule has 0 aromatic carbocycles. The average molecular weight is 219 g/mol. The van der Waals surface area contributed by atoms with E-state index in [0.717, 1.165) is 12.8 Å². The smallest absolute Gasteiger partial charge is 0.167 e. The molecule has 1 fully saturated rings. The lowest BCUT2D eigenvalue weighted by molar-refractivity contribution is 0.500. The number of nitrogens with two attached hydrogens (primary N) is 1. The summed E-state index contributed by atoms with van der Waals surface area (Å²) in [5.74, 6) is 1.00. The van der Waals surface area contributed by atoms with E-state index in [9.17, 15) is 4.39 Å². The summed E-state index contributed by atoms with van der Waals surface area (Å²) in [7, 11) is 0. The first-order valence-corrected chi connectivity index (χ1v) is 5.67. The predicted octanol–water partition coefficient (Wildman–Crippen LogP) is 1.75. The Morgan fingerprint density at radius 2 is 2.19 bits per heavy atom. The van der Waals surface area contributed by atoms with Gasteiger partial charge in [0.15, 0.2) is 5.82 Å². The summed E-state index contributed by atoms with van der Waals surface area (Å²) < 4.78 is 14.0. The van der Waals surface area contributed by atoms with Gasteiger partial charge >= 0.3 is 0 Å². The van der Waals surface area contributed by atoms with Gasteiger partial charge in [0, 0.05) is 12.5 Å². The van der Waals surface area contributed by atoms with E-state index in [2.05, 4.69) is 22.1 Å². The van der Waals surface area contributed by atoms with Crippen LogP contribution in [-0.4, -0.2) is 9.97 Å². The molecule has 2 aliphatic carbocycles. The molecule has 84 valence electrons. The van der Waals surface area contributed by atoms with E-state index < -0.39 is 0 Å². The molecule has 3 nitrogen and oxygen atoms in total. The van der Waals surface area contributed by atoms with Crippen LogP contribution in [0.2, 0.25) is 0 Å². The standard InChI is InChI=1S/C12H14FN3/c13-11-10(5-14)15-6-16-12(11)9-4-7-1-2-8(9)3-7/h1-2,6-9H,3-5,14H2. The molecule has 16 heavy (non-hydrogen) atoms. The van der Waals surface area contributed by atoms with Gasteiger partial charge in [-0.05, 0) is 24.7 Å². The van der Waals surface area contributed by atoms with E-state index in [4.69, 9.17) is 5.73 Å². The van der Waals surface area contributed by atoms with Gasteiger partial charge in [0.05, 0.1) is 11.4 Å². The van der Waals surface area contributed by atoms with E-state index in [1.54, 1.807) is 0 Å². The molecule has 1 aromatic heterocycles. The molecular weight excluding hydrogens is 205 g/mol. The molecule has 1 saturated carbocycles. The molecule has 1 aromatic rings. The van der Waals surface area contributed by atoms with Crippen LogP contribution < -0.4 is 5.73 Å². The molecule has 2 N–H and O–H groups in total. The molecule has 0 spiro atoms. The lowest BCUT2D eigenvalue weighted by atomic mass is 9.90. The topological polar surface area (TPSA) is 51.8 Å². The zero-order chi connectivity index (χ0) is 11.1. The fraction of sp³-hybridized carbons (Fsp3) is 0.500. The second-order valence-electron chi connectivity index (χ2n) is 4.61. The molecule has 0 radical (unpaired) electrons. The van der Waals surface area contributed by atoms with Crippen molar-refractivity contribution in [1.82, 2.24) is 9.97 Å². The molecule has 4 heteroatoms. The Balaban J connectivity index is 1.98. The molecule has 0 aliphatic heterocycles. The van der Waals surface area contributed by atoms with Gasteiger partial charge in [0.2, 0.25) is 0 Å². The highest BCUT2D eigenvalue weighted by atomic mass is 19.1. The summed E-state index contributed by atoms with van der Waals surface area (Å²) in [4.78, 5) is 7.97. The average Bonchev–Trinajstić information content (AvgIpc) is 2.91. The van der Waals surface area contributed by atoms with Gasteiger partial charge in [-0.2, -0.15) is 0 Å². The molecule has 2 aliphatic rings. The number of nitrogens with zero attached hydrogens (tertiary/aromatic N) is 2. The fourth-order valence-electron chi connectivity index (χ4n) is 2.92. The van der Waals surface area contributed by atoms with Crippen LogP contribution in [0.5, 0.6) is 0 Å². The third kappa shape index (κ3) is 1.37. The van der Waals surface area contributed by atoms with Crippen LogP contribution in [0, 0.1) is 17.7 Å². The molecule has 3 unspecified atom stereocenters. The molecule has 0 amide bonds. The minimum Gasteiger partial charge on any atom is -0.325 e. The number of fused-ring (bicyclic) bond motifs is 2. The number of halogens is 1. The van der Waals surface area contributed by atoms with Crippen molar-refractivity contribution in [2.45, 2.75) is 25.3 Å². The number of rotatable bonds is 2. The first-order valence-electron chi connectivity index (χ1n) is 5.67. The summed E-state index contributed by atoms with van der Waals surface area (Å²) >= 11 is 0. The lowest BCUT2D eigenvalue weighted by Gasteiger charge is -2.18. The van der Waals surface area contributed by atoms with Crippen LogP contribution >= 0.6 is 0 Å². The Morgan fingerprint density at radius 3 is 2.81 bits per heavy atom. The minimum absolute atomic E-state index is 0.137. The highest BCUT2D eigenvalue weighted by molar-refractivity contribution is 5.24. The summed E-state index contributed by atoms with van der Waals surface area (Å²) in [5, 5.41) is 0. The van der Waals surface area contributed by atoms with E-state index in [-0.39, 0.29) is 18.3 Å². The summed E-state index contributed by atoms with van der Waals surface area (Å²) in [6.07, 6.45) is 8.02. The minimum atomic E-state index is -0.295. The van der Waals surface area contributed by atoms with Crippen LogP contribution in [-0.2, 0) is 6.54 Å². The van der Waals surface area contributed by atoms with Gasteiger partial charge in [-0.25, -0.2) is 14.4 Å². The third-order valence-electron chi connectivity index (χ3n) is 3.71. The molecule has 1 heterocycles. The highest BCUT2D eigenvalue weighted by Gasteiger charge is 2.38. The zero-order valence-corrected chi connectivity index (χ0v) is 8.94. The van der Waals surface area contributed by atoms with Crippen molar-refractivity contribution in [3.8, 4) is 0 Å². The Labute approximate surface area is 93.6 Å². The number of allylic oxidation sites excluding steroid dienone is 2. The molecule has 2 bridgehead atoms. The Hall–Kier alpha value is -1.29. The van der Waals surface area contributed by atoms with E-state index in [0.29, 0.717) is 23.2 Å². The predicted molar refractivity (Wildman–Crippen MR) is 58.0 cm³/mol. The van der Waals surface area contributed by atoms with Crippen LogP contribution in [0.4, 0.5) is 4.39 Å². The molecular formula is C12H14FN3. The van der Waals surface area contributed by atoms with Crippen LogP contribution in [0.15, 0.2) is 18.5 Å². The fourth-order valence-corrected chi connectivity index (χ4v) is 2.92. The van der Waals surface area contributed by atoms with Gasteiger partial charge in [0.25, 0.3) is 0 Å². The van der Waals surface area contributed by atoms with Crippen molar-refractivity contribution in [2.24, 2.45) is 17.6 Å². The van der Waals surface area contributed by atoms with Crippen LogP contribution in [0.1, 0.15) is 30.1 Å². The SMILES string of the molecule is NCc1ncnc(C2CC3C=CC2C3)c1F. The van der Waals surface area contributed by atoms with Gasteiger partial charge in [-0.15, -0.1) is 0 Å². The molecule has 3 rings (SSSR count). The van der Waals surface area contributed by atoms with E-state index in [1.165, 1.54) is 6.33 Å². The third-order valence-corrected chi connectivity index (χ3v) is 3.71. The first-order chi connectivity index (χ1) is 7.79. The Morgan fingerprint density at radius 1 is 1.31 bits per heavy atom. The van der Waals surface area contributed by atoms with Crippen LogP contribution in [0.3, 0.4) is 0 Å². The second-order valence-corrected chi connectivity index (χ2v) is 4.61. The Kier molecular flexibility index (Phi) is 2.24. The summed E-state index contributed by atoms with van der Waals surface area (Å²) in [6, 6.07) is 0. The molecule has 3 atom stereocenters. The number of hydrogen-bond acceptors (Lipinski definition) is 3. The Bertz CT molecular complexity index is 444. The van der Waals surface area contributed by atoms with Crippen molar-refractivity contribution in [3.63, 3.8) is 0 Å². The van der Waals surface area contributed by atoms with Gasteiger partial charge in [-0.3, -0.25) is 0 Å². The second kappa shape index (κ2) is 3.63. The van der Waals surface area contributed by atoms with E-state index >= 15 is 0 Å². The zero-order valence-electron chi connectivity index (χ0n) is 8.94. The number of hydrogen-bond donors (Lipinski definition) is 1. The quantitative estimate of drug-likeness (QED) is 0.771. The normalized spacial score (nSPS) is 31.2. The largest absolute Gasteiger partial charge is 0.325 e.